The summed E-state index contributed by atoms with van der Waals surface area (Å²) in [4.78, 5) is 29.9. The zero-order chi connectivity index (χ0) is 23.5. The normalized spacial score (nSPS) is 14.3. The molecule has 2 N–H and O–H groups in total. The van der Waals surface area contributed by atoms with Crippen LogP contribution in [-0.4, -0.2) is 43.8 Å². The molecule has 1 aliphatic heterocycles. The molecule has 174 valence electrons. The number of carbonyl (C=O) groups excluding carboxylic acids is 1. The van der Waals surface area contributed by atoms with Crippen molar-refractivity contribution in [2.45, 2.75) is 25.4 Å². The highest BCUT2D eigenvalue weighted by Gasteiger charge is 2.26. The topological polar surface area (TPSA) is 109 Å². The smallest absolute Gasteiger partial charge is 0.245 e. The number of benzene rings is 1. The van der Waals surface area contributed by atoms with Crippen molar-refractivity contribution in [2.75, 3.05) is 18.4 Å². The second-order valence-corrected chi connectivity index (χ2v) is 8.39. The van der Waals surface area contributed by atoms with E-state index in [1.807, 2.05) is 17.2 Å². The highest BCUT2D eigenvalue weighted by Crippen LogP contribution is 2.37. The van der Waals surface area contributed by atoms with Crippen LogP contribution in [0.2, 0.25) is 5.02 Å². The summed E-state index contributed by atoms with van der Waals surface area (Å²) in [6.07, 6.45) is 9.67. The second kappa shape index (κ2) is 9.56. The number of aromatic amines is 1. The molecule has 1 fully saturated rings. The molecule has 10 heteroatoms. The Bertz CT molecular complexity index is 1310. The van der Waals surface area contributed by atoms with Crippen LogP contribution in [0.1, 0.15) is 30.2 Å². The fourth-order valence-corrected chi connectivity index (χ4v) is 4.47. The number of H-pyrrole nitrogens is 1. The number of fused-ring (bicyclic) bond motifs is 1. The number of rotatable bonds is 7. The van der Waals surface area contributed by atoms with Gasteiger partial charge in [-0.25, -0.2) is 15.0 Å². The number of aromatic nitrogens is 4. The number of halogens is 1. The predicted molar refractivity (Wildman–Crippen MR) is 128 cm³/mol. The van der Waals surface area contributed by atoms with E-state index in [-0.39, 0.29) is 12.5 Å². The van der Waals surface area contributed by atoms with Crippen LogP contribution in [0.3, 0.4) is 0 Å². The highest BCUT2D eigenvalue weighted by molar-refractivity contribution is 6.32. The number of piperidine rings is 1. The van der Waals surface area contributed by atoms with Gasteiger partial charge in [-0.2, -0.15) is 0 Å². The molecule has 0 unspecified atom stereocenters. The summed E-state index contributed by atoms with van der Waals surface area (Å²) in [6, 6.07) is 5.44. The van der Waals surface area contributed by atoms with E-state index in [1.165, 1.54) is 18.7 Å². The van der Waals surface area contributed by atoms with Gasteiger partial charge in [0.2, 0.25) is 11.8 Å². The Morgan fingerprint density at radius 3 is 2.91 bits per heavy atom. The lowest BCUT2D eigenvalue weighted by Crippen LogP contribution is -2.36. The van der Waals surface area contributed by atoms with Gasteiger partial charge in [-0.1, -0.05) is 18.2 Å². The van der Waals surface area contributed by atoms with Crippen LogP contribution < -0.4 is 10.1 Å². The van der Waals surface area contributed by atoms with Gasteiger partial charge in [0.05, 0.1) is 16.6 Å². The first kappa shape index (κ1) is 22.0. The first-order chi connectivity index (χ1) is 16.6. The average Bonchev–Trinajstić information content (AvgIpc) is 3.54. The second-order valence-electron chi connectivity index (χ2n) is 7.98. The van der Waals surface area contributed by atoms with Crippen molar-refractivity contribution in [3.8, 4) is 5.75 Å². The van der Waals surface area contributed by atoms with Crippen molar-refractivity contribution >= 4 is 40.0 Å². The minimum Gasteiger partial charge on any atom is -0.482 e. The van der Waals surface area contributed by atoms with E-state index in [2.05, 4.69) is 31.8 Å². The molecular weight excluding hydrogens is 456 g/mol. The number of nitrogens with one attached hydrogen (secondary N) is 2. The van der Waals surface area contributed by atoms with Gasteiger partial charge in [-0.15, -0.1) is 0 Å². The lowest BCUT2D eigenvalue weighted by Gasteiger charge is -2.31. The third-order valence-corrected chi connectivity index (χ3v) is 6.25. The van der Waals surface area contributed by atoms with Crippen molar-refractivity contribution in [3.05, 3.63) is 72.3 Å². The average molecular weight is 479 g/mol. The molecule has 0 bridgehead atoms. The number of amides is 1. The van der Waals surface area contributed by atoms with Crippen LogP contribution in [-0.2, 0) is 11.4 Å². The molecular formula is C24H23ClN6O3. The highest BCUT2D eigenvalue weighted by atomic mass is 35.5. The summed E-state index contributed by atoms with van der Waals surface area (Å²) in [5.74, 6) is 1.97. The summed E-state index contributed by atoms with van der Waals surface area (Å²) < 4.78 is 10.9. The first-order valence-corrected chi connectivity index (χ1v) is 11.3. The van der Waals surface area contributed by atoms with Crippen LogP contribution in [0.5, 0.6) is 5.75 Å². The molecule has 1 aromatic carbocycles. The van der Waals surface area contributed by atoms with Gasteiger partial charge < -0.3 is 24.4 Å². The van der Waals surface area contributed by atoms with Crippen molar-refractivity contribution < 1.29 is 13.9 Å². The van der Waals surface area contributed by atoms with E-state index >= 15 is 0 Å². The van der Waals surface area contributed by atoms with E-state index in [0.29, 0.717) is 41.5 Å². The summed E-state index contributed by atoms with van der Waals surface area (Å²) >= 11 is 6.44. The van der Waals surface area contributed by atoms with E-state index in [1.54, 1.807) is 18.3 Å². The van der Waals surface area contributed by atoms with Gasteiger partial charge in [-0.05, 0) is 48.6 Å². The van der Waals surface area contributed by atoms with Crippen molar-refractivity contribution in [1.29, 1.82) is 0 Å². The Labute approximate surface area is 200 Å². The van der Waals surface area contributed by atoms with E-state index in [0.717, 1.165) is 35.1 Å². The summed E-state index contributed by atoms with van der Waals surface area (Å²) in [5, 5.41) is 4.76. The fraction of sp³-hybridized carbons (Fsp3) is 0.250. The quantitative estimate of drug-likeness (QED) is 0.367. The largest absolute Gasteiger partial charge is 0.482 e. The first-order valence-electron chi connectivity index (χ1n) is 10.9. The Morgan fingerprint density at radius 1 is 1.32 bits per heavy atom. The molecule has 0 aliphatic carbocycles. The van der Waals surface area contributed by atoms with Gasteiger partial charge >= 0.3 is 0 Å². The molecule has 1 amide bonds. The monoisotopic (exact) mass is 478 g/mol. The van der Waals surface area contributed by atoms with E-state index in [4.69, 9.17) is 20.8 Å². The van der Waals surface area contributed by atoms with Gasteiger partial charge in [0.1, 0.15) is 29.8 Å². The SMILES string of the molecule is C=CC(=O)N1CCC(c2c[nH]c3ncnc(Nc4ccc(OCc5ncco5)c(Cl)c4)c23)CC1. The number of anilines is 2. The summed E-state index contributed by atoms with van der Waals surface area (Å²) in [6.45, 7) is 5.17. The molecule has 9 nitrogen and oxygen atoms in total. The van der Waals surface area contributed by atoms with Crippen LogP contribution in [0.15, 0.2) is 60.3 Å². The van der Waals surface area contributed by atoms with Crippen LogP contribution >= 0.6 is 11.6 Å². The Kier molecular flexibility index (Phi) is 6.18. The number of ether oxygens (including phenoxy) is 1. The van der Waals surface area contributed by atoms with Gasteiger partial charge in [0, 0.05) is 25.0 Å². The molecule has 3 aromatic heterocycles. The summed E-state index contributed by atoms with van der Waals surface area (Å²) in [7, 11) is 0. The lowest BCUT2D eigenvalue weighted by molar-refractivity contribution is -0.127. The Morgan fingerprint density at radius 2 is 2.18 bits per heavy atom. The van der Waals surface area contributed by atoms with Gasteiger partial charge in [0.15, 0.2) is 6.61 Å². The molecule has 4 heterocycles. The molecule has 0 atom stereocenters. The number of oxazole rings is 1. The van der Waals surface area contributed by atoms with Crippen LogP contribution in [0, 0.1) is 0 Å². The van der Waals surface area contributed by atoms with E-state index in [9.17, 15) is 4.79 Å². The predicted octanol–water partition coefficient (Wildman–Crippen LogP) is 4.81. The van der Waals surface area contributed by atoms with Crippen molar-refractivity contribution in [2.24, 2.45) is 0 Å². The molecule has 0 saturated carbocycles. The van der Waals surface area contributed by atoms with Crippen LogP contribution in [0.4, 0.5) is 11.5 Å². The number of hydrogen-bond acceptors (Lipinski definition) is 7. The number of hydrogen-bond donors (Lipinski definition) is 2. The molecule has 0 spiro atoms. The third kappa shape index (κ3) is 4.47. The molecule has 1 saturated heterocycles. The standard InChI is InChI=1S/C24H23ClN6O3/c1-2-21(32)31-8-5-15(6-9-31)17-12-27-23-22(17)24(29-14-28-23)30-16-3-4-19(18(25)11-16)34-13-20-26-7-10-33-20/h2-4,7,10-12,14-15H,1,5-6,8-9,13H2,(H2,27,28,29,30). The molecule has 34 heavy (non-hydrogen) atoms. The third-order valence-electron chi connectivity index (χ3n) is 5.95. The maximum atomic E-state index is 11.9. The molecule has 4 aromatic rings. The van der Waals surface area contributed by atoms with E-state index < -0.39 is 0 Å². The molecule has 5 rings (SSSR count). The zero-order valence-electron chi connectivity index (χ0n) is 18.3. The maximum Gasteiger partial charge on any atom is 0.245 e. The summed E-state index contributed by atoms with van der Waals surface area (Å²) in [5.41, 5.74) is 2.67. The number of likely N-dealkylation sites (tertiary alicyclic amines) is 1. The lowest BCUT2D eigenvalue weighted by atomic mass is 9.89. The molecule has 0 radical (unpaired) electrons. The van der Waals surface area contributed by atoms with Gasteiger partial charge in [0.25, 0.3) is 0 Å². The zero-order valence-corrected chi connectivity index (χ0v) is 19.1. The van der Waals surface area contributed by atoms with Gasteiger partial charge in [-0.3, -0.25) is 4.79 Å². The fourth-order valence-electron chi connectivity index (χ4n) is 4.24. The number of nitrogens with zero attached hydrogens (tertiary/aromatic N) is 4. The Balaban J connectivity index is 1.34. The van der Waals surface area contributed by atoms with Crippen molar-refractivity contribution in [3.63, 3.8) is 0 Å². The van der Waals surface area contributed by atoms with Crippen molar-refractivity contribution in [1.82, 2.24) is 24.8 Å². The Hall–Kier alpha value is -3.85. The molecule has 1 aliphatic rings. The number of carbonyl (C=O) groups is 1. The van der Waals surface area contributed by atoms with Crippen LogP contribution in [0.25, 0.3) is 11.0 Å². The maximum absolute atomic E-state index is 11.9. The minimum atomic E-state index is -0.0206. The minimum absolute atomic E-state index is 0.0206.